The van der Waals surface area contributed by atoms with Crippen molar-refractivity contribution in [2.45, 2.75) is 6.42 Å². The first-order chi connectivity index (χ1) is 5.74. The first-order valence-corrected chi connectivity index (χ1v) is 3.37. The molecule has 1 rings (SSSR count). The van der Waals surface area contributed by atoms with Crippen LogP contribution in [0.15, 0.2) is 23.4 Å². The summed E-state index contributed by atoms with van der Waals surface area (Å²) in [4.78, 5) is 0. The zero-order valence-electron chi connectivity index (χ0n) is 6.24. The van der Waals surface area contributed by atoms with Crippen LogP contribution in [0.5, 0.6) is 5.75 Å². The van der Waals surface area contributed by atoms with E-state index in [-0.39, 0.29) is 5.75 Å². The minimum Gasteiger partial charge on any atom is -0.505 e. The number of hydrogen-bond acceptors (Lipinski definition) is 3. The van der Waals surface area contributed by atoms with Crippen LogP contribution >= 0.6 is 0 Å². The lowest BCUT2D eigenvalue weighted by Gasteiger charge is -1.97. The molecule has 0 heterocycles. The summed E-state index contributed by atoms with van der Waals surface area (Å²) < 4.78 is 12.6. The van der Waals surface area contributed by atoms with Crippen LogP contribution in [-0.2, 0) is 6.42 Å². The van der Waals surface area contributed by atoms with Crippen LogP contribution in [0.1, 0.15) is 5.56 Å². The molecule has 2 N–H and O–H groups in total. The zero-order chi connectivity index (χ0) is 8.97. The molecule has 0 unspecified atom stereocenters. The lowest BCUT2D eigenvalue weighted by atomic mass is 10.1. The summed E-state index contributed by atoms with van der Waals surface area (Å²) >= 11 is 0. The normalized spacial score (nSPS) is 10.8. The second-order valence-electron chi connectivity index (χ2n) is 2.29. The Morgan fingerprint density at radius 1 is 1.50 bits per heavy atom. The molecule has 0 bridgehead atoms. The fourth-order valence-electron chi connectivity index (χ4n) is 0.824. The van der Waals surface area contributed by atoms with Crippen LogP contribution in [0.2, 0.25) is 0 Å². The van der Waals surface area contributed by atoms with E-state index in [0.717, 1.165) is 0 Å². The zero-order valence-corrected chi connectivity index (χ0v) is 6.24. The summed E-state index contributed by atoms with van der Waals surface area (Å²) in [5, 5.41) is 19.7. The number of halogens is 1. The van der Waals surface area contributed by atoms with Crippen molar-refractivity contribution in [2.24, 2.45) is 5.16 Å². The summed E-state index contributed by atoms with van der Waals surface area (Å²) in [7, 11) is 0. The van der Waals surface area contributed by atoms with Crippen LogP contribution < -0.4 is 0 Å². The van der Waals surface area contributed by atoms with Crippen LogP contribution in [0, 0.1) is 5.82 Å². The third-order valence-electron chi connectivity index (χ3n) is 1.42. The van der Waals surface area contributed by atoms with Gasteiger partial charge in [-0.25, -0.2) is 4.39 Å². The van der Waals surface area contributed by atoms with Gasteiger partial charge in [-0.1, -0.05) is 6.07 Å². The molecule has 1 aromatic carbocycles. The second kappa shape index (κ2) is 3.71. The molecule has 0 aliphatic rings. The number of benzene rings is 1. The molecule has 4 heteroatoms. The molecule has 3 nitrogen and oxygen atoms in total. The first-order valence-electron chi connectivity index (χ1n) is 3.37. The predicted octanol–water partition coefficient (Wildman–Crippen LogP) is 1.53. The van der Waals surface area contributed by atoms with Crippen molar-refractivity contribution in [1.82, 2.24) is 0 Å². The highest BCUT2D eigenvalue weighted by atomic mass is 19.1. The van der Waals surface area contributed by atoms with E-state index in [1.54, 1.807) is 6.07 Å². The monoisotopic (exact) mass is 169 g/mol. The molecule has 0 radical (unpaired) electrons. The maximum Gasteiger partial charge on any atom is 0.165 e. The smallest absolute Gasteiger partial charge is 0.165 e. The second-order valence-corrected chi connectivity index (χ2v) is 2.29. The molecule has 0 amide bonds. The Morgan fingerprint density at radius 2 is 2.25 bits per heavy atom. The molecule has 0 saturated heterocycles. The van der Waals surface area contributed by atoms with Gasteiger partial charge < -0.3 is 10.3 Å². The number of rotatable bonds is 2. The topological polar surface area (TPSA) is 52.8 Å². The molecular formula is C8H8FNO2. The number of oxime groups is 1. The Labute approximate surface area is 68.8 Å². The molecule has 64 valence electrons. The lowest BCUT2D eigenvalue weighted by molar-refractivity contribution is 0.321. The van der Waals surface area contributed by atoms with Gasteiger partial charge in [0.2, 0.25) is 0 Å². The van der Waals surface area contributed by atoms with E-state index in [0.29, 0.717) is 12.0 Å². The quantitative estimate of drug-likeness (QED) is 0.400. The minimum absolute atomic E-state index is 0.341. The number of phenolic OH excluding ortho intramolecular Hbond substituents is 1. The number of nitrogens with zero attached hydrogens (tertiary/aromatic N) is 1. The molecule has 0 atom stereocenters. The average molecular weight is 169 g/mol. The van der Waals surface area contributed by atoms with Gasteiger partial charge in [0, 0.05) is 12.6 Å². The van der Waals surface area contributed by atoms with E-state index in [9.17, 15) is 4.39 Å². The van der Waals surface area contributed by atoms with Gasteiger partial charge in [0.15, 0.2) is 11.6 Å². The van der Waals surface area contributed by atoms with Gasteiger partial charge >= 0.3 is 0 Å². The van der Waals surface area contributed by atoms with Gasteiger partial charge in [0.25, 0.3) is 0 Å². The van der Waals surface area contributed by atoms with E-state index in [2.05, 4.69) is 5.16 Å². The summed E-state index contributed by atoms with van der Waals surface area (Å²) in [5.41, 5.74) is 0.642. The maximum atomic E-state index is 12.6. The Bertz CT molecular complexity index is 299. The molecule has 0 saturated carbocycles. The Morgan fingerprint density at radius 3 is 2.83 bits per heavy atom. The highest BCUT2D eigenvalue weighted by molar-refractivity contribution is 5.60. The fraction of sp³-hybridized carbons (Fsp3) is 0.125. The molecule has 0 aliphatic carbocycles. The van der Waals surface area contributed by atoms with Gasteiger partial charge in [-0.2, -0.15) is 0 Å². The molecule has 0 spiro atoms. The fourth-order valence-corrected chi connectivity index (χ4v) is 0.824. The SMILES string of the molecule is O/N=C/Cc1ccc(O)c(F)c1. The minimum atomic E-state index is -0.668. The average Bonchev–Trinajstić information content (AvgIpc) is 2.07. The standard InChI is InChI=1S/C8H8FNO2/c9-7-5-6(3-4-10-12)1-2-8(7)11/h1-2,4-5,11-12H,3H2/b10-4+. The summed E-state index contributed by atoms with van der Waals surface area (Å²) in [6.45, 7) is 0. The highest BCUT2D eigenvalue weighted by Crippen LogP contribution is 2.15. The lowest BCUT2D eigenvalue weighted by Crippen LogP contribution is -1.87. The number of hydrogen-bond donors (Lipinski definition) is 2. The Hall–Kier alpha value is -1.58. The third kappa shape index (κ3) is 1.95. The Kier molecular flexibility index (Phi) is 2.63. The van der Waals surface area contributed by atoms with Gasteiger partial charge in [0.1, 0.15) is 0 Å². The van der Waals surface area contributed by atoms with Crippen molar-refractivity contribution in [3.05, 3.63) is 29.6 Å². The van der Waals surface area contributed by atoms with Crippen molar-refractivity contribution in [2.75, 3.05) is 0 Å². The largest absolute Gasteiger partial charge is 0.505 e. The molecular weight excluding hydrogens is 161 g/mol. The van der Waals surface area contributed by atoms with Gasteiger partial charge in [-0.05, 0) is 17.7 Å². The first kappa shape index (κ1) is 8.52. The summed E-state index contributed by atoms with van der Waals surface area (Å²) in [5.74, 6) is -1.04. The van der Waals surface area contributed by atoms with E-state index in [1.807, 2.05) is 0 Å². The number of aromatic hydroxyl groups is 1. The van der Waals surface area contributed by atoms with Gasteiger partial charge in [-0.3, -0.25) is 0 Å². The van der Waals surface area contributed by atoms with Crippen LogP contribution in [0.3, 0.4) is 0 Å². The van der Waals surface area contributed by atoms with E-state index >= 15 is 0 Å². The van der Waals surface area contributed by atoms with Crippen molar-refractivity contribution < 1.29 is 14.7 Å². The van der Waals surface area contributed by atoms with Crippen molar-refractivity contribution >= 4 is 6.21 Å². The van der Waals surface area contributed by atoms with Crippen molar-refractivity contribution in [3.63, 3.8) is 0 Å². The molecule has 0 aromatic heterocycles. The van der Waals surface area contributed by atoms with Crippen LogP contribution in [0.25, 0.3) is 0 Å². The van der Waals surface area contributed by atoms with Crippen molar-refractivity contribution in [1.29, 1.82) is 0 Å². The van der Waals surface area contributed by atoms with E-state index in [1.165, 1.54) is 18.3 Å². The summed E-state index contributed by atoms with van der Waals surface area (Å²) in [6.07, 6.45) is 1.58. The van der Waals surface area contributed by atoms with Gasteiger partial charge in [-0.15, -0.1) is 5.16 Å². The van der Waals surface area contributed by atoms with Gasteiger partial charge in [0.05, 0.1) is 0 Å². The van der Waals surface area contributed by atoms with Crippen LogP contribution in [0.4, 0.5) is 4.39 Å². The maximum absolute atomic E-state index is 12.6. The molecule has 12 heavy (non-hydrogen) atoms. The Balaban J connectivity index is 2.82. The highest BCUT2D eigenvalue weighted by Gasteiger charge is 1.99. The van der Waals surface area contributed by atoms with Crippen LogP contribution in [-0.4, -0.2) is 16.5 Å². The molecule has 0 aliphatic heterocycles. The predicted molar refractivity (Wildman–Crippen MR) is 42.0 cm³/mol. The molecule has 0 fully saturated rings. The third-order valence-corrected chi connectivity index (χ3v) is 1.42. The van der Waals surface area contributed by atoms with Crippen molar-refractivity contribution in [3.8, 4) is 5.75 Å². The summed E-state index contributed by atoms with van der Waals surface area (Å²) in [6, 6.07) is 4.01. The molecule has 1 aromatic rings. The number of phenols is 1. The van der Waals surface area contributed by atoms with E-state index in [4.69, 9.17) is 10.3 Å². The van der Waals surface area contributed by atoms with E-state index < -0.39 is 5.82 Å².